The van der Waals surface area contributed by atoms with Crippen molar-refractivity contribution >= 4 is 49.4 Å². The average Bonchev–Trinajstić information content (AvgIpc) is 3.44. The number of nitrogens with one attached hydrogen (secondary N) is 1. The molecule has 2 aromatic heterocycles. The lowest BCUT2D eigenvalue weighted by molar-refractivity contribution is 0.103. The van der Waals surface area contributed by atoms with Crippen LogP contribution in [0.5, 0.6) is 0 Å². The van der Waals surface area contributed by atoms with Crippen molar-refractivity contribution in [3.8, 4) is 0 Å². The molecule has 0 radical (unpaired) electrons. The van der Waals surface area contributed by atoms with Gasteiger partial charge in [-0.25, -0.2) is 15.1 Å². The molecule has 0 aliphatic heterocycles. The number of ketones is 1. The van der Waals surface area contributed by atoms with Gasteiger partial charge in [0.2, 0.25) is 5.78 Å². The largest absolute Gasteiger partial charge is 0.367 e. The Bertz CT molecular complexity index is 1300. The second kappa shape index (κ2) is 10.5. The first-order chi connectivity index (χ1) is 16.2. The second-order valence-corrected chi connectivity index (χ2v) is 10.6. The van der Waals surface area contributed by atoms with E-state index in [0.29, 0.717) is 29.4 Å². The summed E-state index contributed by atoms with van der Waals surface area (Å²) in [5.41, 5.74) is 1.43. The fourth-order valence-corrected chi connectivity index (χ4v) is 4.87. The first kappa shape index (κ1) is 24.7. The number of nitrogens with zero attached hydrogens (tertiary/aromatic N) is 4. The molecule has 1 aliphatic carbocycles. The number of carbonyl (C=O) groups excluding carboxylic acids is 1. The highest BCUT2D eigenvalue weighted by Gasteiger charge is 2.28. The number of hydrogen-bond donors (Lipinski definition) is 2. The molecule has 34 heavy (non-hydrogen) atoms. The smallest absolute Gasteiger partial charge is 0.333 e. The van der Waals surface area contributed by atoms with Crippen LogP contribution < -0.4 is 10.5 Å². The van der Waals surface area contributed by atoms with Crippen LogP contribution >= 0.6 is 27.5 Å². The molecule has 1 aliphatic rings. The third kappa shape index (κ3) is 6.39. The highest BCUT2D eigenvalue weighted by atomic mass is 79.9. The number of hydrogen-bond acceptors (Lipinski definition) is 8. The summed E-state index contributed by atoms with van der Waals surface area (Å²) in [6, 6.07) is 7.20. The van der Waals surface area contributed by atoms with Crippen LogP contribution in [0.25, 0.3) is 0 Å². The monoisotopic (exact) mass is 568 g/mol. The minimum atomic E-state index is -3.96. The number of benzene rings is 1. The molecule has 0 amide bonds. The SMILES string of the molecule is NS(=O)(=O)OCC1CCC(Nc2ncncc2C(=O)c2ccn(Cc3cc(Br)ccc3Cl)n2)C1. The first-order valence-electron chi connectivity index (χ1n) is 10.4. The zero-order valence-electron chi connectivity index (χ0n) is 17.9. The van der Waals surface area contributed by atoms with Gasteiger partial charge >= 0.3 is 10.3 Å². The quantitative estimate of drug-likeness (QED) is 0.374. The van der Waals surface area contributed by atoms with E-state index in [9.17, 15) is 13.2 Å². The molecule has 13 heteroatoms. The Hall–Kier alpha value is -2.38. The Morgan fingerprint density at radius 2 is 2.15 bits per heavy atom. The topological polar surface area (TPSA) is 142 Å². The van der Waals surface area contributed by atoms with E-state index in [1.807, 2.05) is 12.1 Å². The molecule has 3 N–H and O–H groups in total. The van der Waals surface area contributed by atoms with E-state index in [2.05, 4.69) is 36.3 Å². The van der Waals surface area contributed by atoms with E-state index < -0.39 is 10.3 Å². The molecule has 0 spiro atoms. The van der Waals surface area contributed by atoms with Gasteiger partial charge in [-0.1, -0.05) is 27.5 Å². The van der Waals surface area contributed by atoms with Gasteiger partial charge in [-0.2, -0.15) is 13.5 Å². The Balaban J connectivity index is 1.44. The average molecular weight is 570 g/mol. The van der Waals surface area contributed by atoms with Gasteiger partial charge < -0.3 is 5.32 Å². The van der Waals surface area contributed by atoms with Crippen LogP contribution in [-0.2, 0) is 21.0 Å². The van der Waals surface area contributed by atoms with Gasteiger partial charge in [-0.15, -0.1) is 0 Å². The van der Waals surface area contributed by atoms with Gasteiger partial charge in [0, 0.05) is 27.9 Å². The predicted molar refractivity (Wildman–Crippen MR) is 130 cm³/mol. The fourth-order valence-electron chi connectivity index (χ4n) is 3.90. The summed E-state index contributed by atoms with van der Waals surface area (Å²) in [6.07, 6.45) is 6.74. The summed E-state index contributed by atoms with van der Waals surface area (Å²) in [5.74, 6) is 0.134. The van der Waals surface area contributed by atoms with Crippen molar-refractivity contribution in [1.29, 1.82) is 0 Å². The summed E-state index contributed by atoms with van der Waals surface area (Å²) in [6.45, 7) is 0.442. The third-order valence-electron chi connectivity index (χ3n) is 5.52. The van der Waals surface area contributed by atoms with Gasteiger partial charge in [0.05, 0.1) is 18.7 Å². The van der Waals surface area contributed by atoms with Crippen LogP contribution in [-0.4, -0.2) is 46.6 Å². The van der Waals surface area contributed by atoms with Crippen LogP contribution in [0.1, 0.15) is 40.9 Å². The standard InChI is InChI=1S/C21H22BrClN6O4S/c22-15-2-4-18(23)14(8-15)10-29-6-5-19(28-29)20(30)17-9-25-12-26-21(17)27-16-3-1-13(7-16)11-33-34(24,31)32/h2,4-6,8-9,12-13,16H,1,3,7,10-11H2,(H2,24,31,32)(H,25,26,27). The van der Waals surface area contributed by atoms with Gasteiger partial charge in [0.15, 0.2) is 0 Å². The van der Waals surface area contributed by atoms with E-state index in [0.717, 1.165) is 22.9 Å². The van der Waals surface area contributed by atoms with Crippen molar-refractivity contribution in [2.45, 2.75) is 31.8 Å². The number of anilines is 1. The molecule has 1 saturated carbocycles. The molecule has 0 saturated heterocycles. The first-order valence-corrected chi connectivity index (χ1v) is 13.1. The minimum Gasteiger partial charge on any atom is -0.367 e. The molecular formula is C21H22BrClN6O4S. The lowest BCUT2D eigenvalue weighted by atomic mass is 10.1. The Kier molecular flexibility index (Phi) is 7.63. The van der Waals surface area contributed by atoms with Crippen molar-refractivity contribution in [3.05, 3.63) is 69.3 Å². The van der Waals surface area contributed by atoms with Crippen LogP contribution in [0.15, 0.2) is 47.5 Å². The molecule has 180 valence electrons. The summed E-state index contributed by atoms with van der Waals surface area (Å²) in [7, 11) is -3.96. The van der Waals surface area contributed by atoms with E-state index in [-0.39, 0.29) is 30.0 Å². The Morgan fingerprint density at radius 3 is 2.94 bits per heavy atom. The highest BCUT2D eigenvalue weighted by molar-refractivity contribution is 9.10. The van der Waals surface area contributed by atoms with Crippen LogP contribution in [0.3, 0.4) is 0 Å². The zero-order chi connectivity index (χ0) is 24.3. The van der Waals surface area contributed by atoms with Gasteiger partial charge in [0.25, 0.3) is 0 Å². The Morgan fingerprint density at radius 1 is 1.32 bits per heavy atom. The van der Waals surface area contributed by atoms with Crippen molar-refractivity contribution in [2.75, 3.05) is 11.9 Å². The van der Waals surface area contributed by atoms with E-state index in [1.54, 1.807) is 23.0 Å². The number of aromatic nitrogens is 4. The molecule has 0 bridgehead atoms. The van der Waals surface area contributed by atoms with Crippen molar-refractivity contribution < 1.29 is 17.4 Å². The second-order valence-electron chi connectivity index (χ2n) is 8.05. The minimum absolute atomic E-state index is 0.00625. The summed E-state index contributed by atoms with van der Waals surface area (Å²) < 4.78 is 29.3. The molecule has 2 atom stereocenters. The third-order valence-corrected chi connectivity index (χ3v) is 6.85. The zero-order valence-corrected chi connectivity index (χ0v) is 21.1. The normalized spacial score (nSPS) is 18.2. The molecule has 1 fully saturated rings. The van der Waals surface area contributed by atoms with Crippen molar-refractivity contribution in [3.63, 3.8) is 0 Å². The van der Waals surface area contributed by atoms with E-state index in [4.69, 9.17) is 20.9 Å². The number of rotatable bonds is 9. The van der Waals surface area contributed by atoms with Gasteiger partial charge in [0.1, 0.15) is 17.8 Å². The highest BCUT2D eigenvalue weighted by Crippen LogP contribution is 2.29. The van der Waals surface area contributed by atoms with Crippen LogP contribution in [0.4, 0.5) is 5.82 Å². The lowest BCUT2D eigenvalue weighted by Gasteiger charge is -2.15. The number of halogens is 2. The molecule has 3 aromatic rings. The molecule has 1 aromatic carbocycles. The number of carbonyl (C=O) groups is 1. The maximum absolute atomic E-state index is 13.2. The molecular weight excluding hydrogens is 548 g/mol. The number of nitrogens with two attached hydrogens (primary N) is 1. The molecule has 4 rings (SSSR count). The van der Waals surface area contributed by atoms with Crippen LogP contribution in [0, 0.1) is 5.92 Å². The molecule has 10 nitrogen and oxygen atoms in total. The van der Waals surface area contributed by atoms with E-state index in [1.165, 1.54) is 12.5 Å². The summed E-state index contributed by atoms with van der Waals surface area (Å²) in [5, 5.41) is 13.2. The van der Waals surface area contributed by atoms with Gasteiger partial charge in [-0.05, 0) is 55.0 Å². The predicted octanol–water partition coefficient (Wildman–Crippen LogP) is 3.17. The van der Waals surface area contributed by atoms with Crippen molar-refractivity contribution in [2.24, 2.45) is 11.1 Å². The maximum Gasteiger partial charge on any atom is 0.333 e. The lowest BCUT2D eigenvalue weighted by Crippen LogP contribution is -2.22. The summed E-state index contributed by atoms with van der Waals surface area (Å²) in [4.78, 5) is 21.4. The molecule has 2 unspecified atom stereocenters. The fraction of sp³-hybridized carbons (Fsp3) is 0.333. The Labute approximate surface area is 210 Å². The van der Waals surface area contributed by atoms with E-state index >= 15 is 0 Å². The van der Waals surface area contributed by atoms with Crippen LogP contribution in [0.2, 0.25) is 5.02 Å². The summed E-state index contributed by atoms with van der Waals surface area (Å²) >= 11 is 9.70. The van der Waals surface area contributed by atoms with Gasteiger partial charge in [-0.3, -0.25) is 13.7 Å². The van der Waals surface area contributed by atoms with Crippen molar-refractivity contribution in [1.82, 2.24) is 19.7 Å². The maximum atomic E-state index is 13.2. The molecule has 2 heterocycles.